The zero-order valence-electron chi connectivity index (χ0n) is 25.0. The van der Waals surface area contributed by atoms with Crippen molar-refractivity contribution in [2.45, 2.75) is 0 Å². The lowest BCUT2D eigenvalue weighted by Crippen LogP contribution is -2.43. The van der Waals surface area contributed by atoms with Gasteiger partial charge in [-0.2, -0.15) is 0 Å². The monoisotopic (exact) mass is 588 g/mol. The molecule has 0 aliphatic carbocycles. The Hall–Kier alpha value is -6.13. The van der Waals surface area contributed by atoms with E-state index in [1.165, 1.54) is 43.5 Å². The van der Waals surface area contributed by atoms with Crippen molar-refractivity contribution < 1.29 is 0 Å². The largest absolute Gasteiger partial charge is 0.367 e. The van der Waals surface area contributed by atoms with Gasteiger partial charge < -0.3 is 5.32 Å². The number of nitrogens with one attached hydrogen (secondary N) is 1. The first kappa shape index (κ1) is 25.2. The van der Waals surface area contributed by atoms with E-state index in [1.54, 1.807) is 0 Å². The van der Waals surface area contributed by atoms with Crippen molar-refractivity contribution in [3.8, 4) is 28.1 Å². The summed E-state index contributed by atoms with van der Waals surface area (Å²) in [5.41, 5.74) is 10.4. The van der Waals surface area contributed by atoms with Crippen LogP contribution in [0.3, 0.4) is 0 Å². The second kappa shape index (κ2) is 9.68. The first-order chi connectivity index (χ1) is 22.8. The maximum absolute atomic E-state index is 5.16. The predicted molar refractivity (Wildman–Crippen MR) is 191 cm³/mol. The standard InChI is InChI=1S/C42H28N4/c1-3-13-29-27(11-1)23-24-43-42(29)46-38-19-9-4-14-30(38)33-25-35-32-16-6-8-18-37(32)45(41-22-21-28-12-2-7-17-36(28)44-41)40(35)26-34(33)31-15-5-10-20-39(31)46/h1-23,25-26,43H,24H2. The van der Waals surface area contributed by atoms with Crippen molar-refractivity contribution in [2.75, 3.05) is 11.4 Å². The van der Waals surface area contributed by atoms with Crippen molar-refractivity contribution in [1.29, 1.82) is 0 Å². The molecule has 4 nitrogen and oxygen atoms in total. The van der Waals surface area contributed by atoms with Crippen LogP contribution in [0.4, 0.5) is 11.4 Å². The number of fused-ring (bicyclic) bond motifs is 10. The molecular weight excluding hydrogens is 560 g/mol. The highest BCUT2D eigenvalue weighted by molar-refractivity contribution is 6.15. The molecule has 10 rings (SSSR count). The summed E-state index contributed by atoms with van der Waals surface area (Å²) in [7, 11) is 0. The molecule has 2 aliphatic rings. The quantitative estimate of drug-likeness (QED) is 0.221. The summed E-state index contributed by atoms with van der Waals surface area (Å²) in [6.45, 7) is 0.777. The van der Waals surface area contributed by atoms with E-state index in [0.29, 0.717) is 0 Å². The van der Waals surface area contributed by atoms with Crippen molar-refractivity contribution in [3.63, 3.8) is 0 Å². The average molecular weight is 589 g/mol. The van der Waals surface area contributed by atoms with Crippen LogP contribution < -0.4 is 20.7 Å². The first-order valence-electron chi connectivity index (χ1n) is 15.8. The number of rotatable bonds is 2. The Balaban J connectivity index is 1.33. The molecule has 0 spiro atoms. The summed E-state index contributed by atoms with van der Waals surface area (Å²) in [6, 6.07) is 52.5. The highest BCUT2D eigenvalue weighted by Gasteiger charge is 2.29. The zero-order valence-corrected chi connectivity index (χ0v) is 25.0. The van der Waals surface area contributed by atoms with Gasteiger partial charge in [-0.05, 0) is 64.9 Å². The molecule has 8 aromatic rings. The van der Waals surface area contributed by atoms with Crippen molar-refractivity contribution in [3.05, 3.63) is 156 Å². The number of benzene rings is 6. The lowest BCUT2D eigenvalue weighted by atomic mass is 9.92. The Kier molecular flexibility index (Phi) is 5.31. The van der Waals surface area contributed by atoms with Gasteiger partial charge in [0.25, 0.3) is 0 Å². The first-order valence-corrected chi connectivity index (χ1v) is 15.8. The van der Waals surface area contributed by atoms with E-state index in [0.717, 1.165) is 51.5 Å². The molecule has 0 fully saturated rings. The second-order valence-corrected chi connectivity index (χ2v) is 12.0. The van der Waals surface area contributed by atoms with Gasteiger partial charge in [0.1, 0.15) is 11.6 Å². The van der Waals surface area contributed by atoms with Crippen molar-refractivity contribution in [2.24, 2.45) is 0 Å². The van der Waals surface area contributed by atoms with Gasteiger partial charge in [0.2, 0.25) is 0 Å². The zero-order chi connectivity index (χ0) is 30.2. The van der Waals surface area contributed by atoms with Crippen molar-refractivity contribution in [1.82, 2.24) is 14.9 Å². The Morgan fingerprint density at radius 2 is 1.24 bits per heavy atom. The van der Waals surface area contributed by atoms with Gasteiger partial charge in [0, 0.05) is 39.0 Å². The Bertz CT molecular complexity index is 2660. The third-order valence-electron chi connectivity index (χ3n) is 9.53. The SMILES string of the molecule is C1=c2ccccc2=C(N2c3ccccc3-c3cc4c5ccccc5n(-c5ccc6ccccc6n5)c4cc3-c3ccccc32)NC1. The van der Waals surface area contributed by atoms with Crippen LogP contribution in [0.25, 0.3) is 72.7 Å². The van der Waals surface area contributed by atoms with E-state index in [-0.39, 0.29) is 0 Å². The van der Waals surface area contributed by atoms with E-state index in [1.807, 2.05) is 0 Å². The molecule has 0 atom stereocenters. The number of anilines is 2. The fourth-order valence-electron chi connectivity index (χ4n) is 7.49. The minimum absolute atomic E-state index is 0.777. The van der Waals surface area contributed by atoms with Crippen LogP contribution >= 0.6 is 0 Å². The molecule has 0 saturated carbocycles. The van der Waals surface area contributed by atoms with Gasteiger partial charge in [0.15, 0.2) is 0 Å². The molecule has 0 bridgehead atoms. The predicted octanol–water partition coefficient (Wildman–Crippen LogP) is 8.27. The maximum atomic E-state index is 5.16. The van der Waals surface area contributed by atoms with E-state index < -0.39 is 0 Å². The Labute approximate surface area is 265 Å². The lowest BCUT2D eigenvalue weighted by Gasteiger charge is -2.31. The second-order valence-electron chi connectivity index (χ2n) is 12.0. The van der Waals surface area contributed by atoms with Gasteiger partial charge in [-0.1, -0.05) is 103 Å². The molecule has 46 heavy (non-hydrogen) atoms. The molecule has 0 unspecified atom stereocenters. The summed E-state index contributed by atoms with van der Waals surface area (Å²) >= 11 is 0. The van der Waals surface area contributed by atoms with Gasteiger partial charge in [0.05, 0.1) is 27.9 Å². The number of para-hydroxylation sites is 4. The summed E-state index contributed by atoms with van der Waals surface area (Å²) in [4.78, 5) is 7.59. The molecule has 4 heteroatoms. The van der Waals surface area contributed by atoms with Crippen LogP contribution in [0.1, 0.15) is 0 Å². The molecule has 216 valence electrons. The molecule has 2 aromatic heterocycles. The van der Waals surface area contributed by atoms with Crippen LogP contribution in [-0.2, 0) is 0 Å². The van der Waals surface area contributed by atoms with Crippen LogP contribution in [0.15, 0.2) is 146 Å². The molecule has 0 saturated heterocycles. The minimum atomic E-state index is 0.777. The average Bonchev–Trinajstić information content (AvgIpc) is 3.39. The van der Waals surface area contributed by atoms with Crippen LogP contribution in [0.2, 0.25) is 0 Å². The number of aromatic nitrogens is 2. The molecule has 0 radical (unpaired) electrons. The number of nitrogens with zero attached hydrogens (tertiary/aromatic N) is 3. The summed E-state index contributed by atoms with van der Waals surface area (Å²) < 4.78 is 2.33. The summed E-state index contributed by atoms with van der Waals surface area (Å²) in [5, 5.41) is 9.78. The molecule has 6 aromatic carbocycles. The number of hydrogen-bond donors (Lipinski definition) is 1. The Morgan fingerprint density at radius 1 is 0.543 bits per heavy atom. The number of hydrogen-bond acceptors (Lipinski definition) is 3. The Morgan fingerprint density at radius 3 is 2.11 bits per heavy atom. The van der Waals surface area contributed by atoms with Gasteiger partial charge >= 0.3 is 0 Å². The fraction of sp³-hybridized carbons (Fsp3) is 0.0238. The number of pyridine rings is 1. The van der Waals surface area contributed by atoms with E-state index in [4.69, 9.17) is 4.98 Å². The van der Waals surface area contributed by atoms with Gasteiger partial charge in [-0.15, -0.1) is 0 Å². The fourth-order valence-corrected chi connectivity index (χ4v) is 7.49. The molecule has 4 heterocycles. The van der Waals surface area contributed by atoms with Crippen molar-refractivity contribution >= 4 is 56.0 Å². The third kappa shape index (κ3) is 3.58. The highest BCUT2D eigenvalue weighted by atomic mass is 15.3. The summed E-state index contributed by atoms with van der Waals surface area (Å²) in [6.07, 6.45) is 2.26. The van der Waals surface area contributed by atoms with Gasteiger partial charge in [-0.3, -0.25) is 9.47 Å². The molecule has 2 aliphatic heterocycles. The van der Waals surface area contributed by atoms with Crippen LogP contribution in [-0.4, -0.2) is 16.1 Å². The maximum Gasteiger partial charge on any atom is 0.138 e. The highest BCUT2D eigenvalue weighted by Crippen LogP contribution is 2.51. The topological polar surface area (TPSA) is 33.1 Å². The van der Waals surface area contributed by atoms with Crippen LogP contribution in [0, 0.1) is 0 Å². The lowest BCUT2D eigenvalue weighted by molar-refractivity contribution is 0.964. The molecular formula is C42H28N4. The third-order valence-corrected chi connectivity index (χ3v) is 9.53. The molecule has 0 amide bonds. The summed E-state index contributed by atoms with van der Waals surface area (Å²) in [5.74, 6) is 2.02. The van der Waals surface area contributed by atoms with Gasteiger partial charge in [-0.25, -0.2) is 4.98 Å². The molecule has 1 N–H and O–H groups in total. The van der Waals surface area contributed by atoms with E-state index in [2.05, 4.69) is 166 Å². The smallest absolute Gasteiger partial charge is 0.138 e. The van der Waals surface area contributed by atoms with Crippen LogP contribution in [0.5, 0.6) is 0 Å². The normalized spacial score (nSPS) is 13.4. The van der Waals surface area contributed by atoms with E-state index >= 15 is 0 Å². The van der Waals surface area contributed by atoms with E-state index in [9.17, 15) is 0 Å². The minimum Gasteiger partial charge on any atom is -0.367 e.